The van der Waals surface area contributed by atoms with Gasteiger partial charge in [0, 0.05) is 22.9 Å². The van der Waals surface area contributed by atoms with Crippen molar-refractivity contribution in [1.82, 2.24) is 14.8 Å². The molecule has 0 unspecified atom stereocenters. The molecule has 0 saturated carbocycles. The predicted molar refractivity (Wildman–Crippen MR) is 98.8 cm³/mol. The smallest absolute Gasteiger partial charge is 0.260 e. The molecule has 0 spiro atoms. The second kappa shape index (κ2) is 6.57. The van der Waals surface area contributed by atoms with Crippen LogP contribution < -0.4 is 15.0 Å². The molecule has 8 heteroatoms. The molecule has 25 heavy (non-hydrogen) atoms. The first kappa shape index (κ1) is 16.2. The first-order chi connectivity index (χ1) is 12.2. The molecule has 3 aromatic rings. The Balaban J connectivity index is 2.07. The van der Waals surface area contributed by atoms with Gasteiger partial charge in [-0.1, -0.05) is 17.7 Å². The number of ether oxygens (including phenoxy) is 2. The molecule has 0 atom stereocenters. The number of aromatic nitrogens is 3. The number of benzene rings is 1. The first-order valence-electron chi connectivity index (χ1n) is 7.65. The quantitative estimate of drug-likeness (QED) is 0.513. The molecular formula is C17H14ClN3O3S. The van der Waals surface area contributed by atoms with Gasteiger partial charge in [-0.3, -0.25) is 9.36 Å². The third kappa shape index (κ3) is 2.73. The lowest BCUT2D eigenvalue weighted by Crippen LogP contribution is -2.22. The number of fused-ring (bicyclic) bond motifs is 4. The minimum atomic E-state index is -0.130. The Bertz CT molecular complexity index is 1060. The van der Waals surface area contributed by atoms with E-state index in [1.54, 1.807) is 16.7 Å². The fourth-order valence-electron chi connectivity index (χ4n) is 2.92. The van der Waals surface area contributed by atoms with E-state index >= 15 is 0 Å². The van der Waals surface area contributed by atoms with E-state index in [2.05, 4.69) is 10.2 Å². The van der Waals surface area contributed by atoms with Crippen LogP contribution in [0.15, 0.2) is 39.6 Å². The normalized spacial score (nSPS) is 13.4. The topological polar surface area (TPSA) is 66.2 Å². The molecule has 0 radical (unpaired) electrons. The number of hydrogen-bond donors (Lipinski definition) is 0. The lowest BCUT2D eigenvalue weighted by Gasteiger charge is -2.12. The molecule has 1 aliphatic rings. The average molecular weight is 376 g/mol. The van der Waals surface area contributed by atoms with Crippen LogP contribution in [0.2, 0.25) is 0 Å². The van der Waals surface area contributed by atoms with Crippen LogP contribution in [0.5, 0.6) is 11.5 Å². The number of thioether (sulfide) groups is 1. The Morgan fingerprint density at radius 1 is 1.20 bits per heavy atom. The van der Waals surface area contributed by atoms with Gasteiger partial charge in [0.15, 0.2) is 17.1 Å². The van der Waals surface area contributed by atoms with E-state index < -0.39 is 0 Å². The number of allylic oxidation sites excluding steroid dienone is 1. The Kier molecular flexibility index (Phi) is 4.27. The second-order valence-electron chi connectivity index (χ2n) is 5.48. The highest BCUT2D eigenvalue weighted by Gasteiger charge is 2.19. The van der Waals surface area contributed by atoms with E-state index in [9.17, 15) is 4.79 Å². The van der Waals surface area contributed by atoms with E-state index in [0.717, 1.165) is 15.8 Å². The van der Waals surface area contributed by atoms with Crippen molar-refractivity contribution in [2.45, 2.75) is 18.0 Å². The van der Waals surface area contributed by atoms with Gasteiger partial charge in [-0.15, -0.1) is 22.0 Å². The van der Waals surface area contributed by atoms with E-state index in [4.69, 9.17) is 21.1 Å². The van der Waals surface area contributed by atoms with Crippen LogP contribution in [0.1, 0.15) is 6.42 Å². The van der Waals surface area contributed by atoms with E-state index in [1.165, 1.54) is 17.3 Å². The van der Waals surface area contributed by atoms with Gasteiger partial charge >= 0.3 is 0 Å². The van der Waals surface area contributed by atoms with Crippen LogP contribution in [0, 0.1) is 0 Å². The van der Waals surface area contributed by atoms with Crippen molar-refractivity contribution in [1.29, 1.82) is 0 Å². The van der Waals surface area contributed by atoms with Crippen molar-refractivity contribution in [3.05, 3.63) is 40.2 Å². The van der Waals surface area contributed by atoms with Crippen LogP contribution >= 0.6 is 23.4 Å². The molecule has 1 aromatic carbocycles. The molecule has 0 bridgehead atoms. The van der Waals surface area contributed by atoms with Gasteiger partial charge in [0.25, 0.3) is 5.56 Å². The maximum atomic E-state index is 13.0. The average Bonchev–Trinajstić information content (AvgIpc) is 3.10. The lowest BCUT2D eigenvalue weighted by atomic mass is 10.1. The van der Waals surface area contributed by atoms with Crippen LogP contribution in [0.4, 0.5) is 0 Å². The summed E-state index contributed by atoms with van der Waals surface area (Å²) in [4.78, 5) is 13.0. The summed E-state index contributed by atoms with van der Waals surface area (Å²) in [5, 5.41) is 11.5. The summed E-state index contributed by atoms with van der Waals surface area (Å²) in [6.45, 7) is 0.629. The fourth-order valence-corrected chi connectivity index (χ4v) is 3.41. The maximum Gasteiger partial charge on any atom is 0.260 e. The van der Waals surface area contributed by atoms with Crippen molar-refractivity contribution in [2.24, 2.45) is 0 Å². The molecule has 0 amide bonds. The fraction of sp³-hybridized carbons (Fsp3) is 0.235. The highest BCUT2D eigenvalue weighted by molar-refractivity contribution is 7.98. The number of rotatable bonds is 4. The number of hydrogen-bond acceptors (Lipinski definition) is 6. The zero-order valence-electron chi connectivity index (χ0n) is 13.4. The highest BCUT2D eigenvalue weighted by atomic mass is 35.5. The number of halogens is 1. The van der Waals surface area contributed by atoms with Gasteiger partial charge in [-0.25, -0.2) is 0 Å². The molecule has 128 valence electrons. The van der Waals surface area contributed by atoms with Crippen molar-refractivity contribution in [2.75, 3.05) is 13.0 Å². The molecule has 0 fully saturated rings. The van der Waals surface area contributed by atoms with Crippen LogP contribution in [-0.2, 0) is 6.54 Å². The molecule has 1 aliphatic heterocycles. The standard InChI is InChI=1S/C17H14ClN3O3S/c1-25-15-8-11-10-6-13-14(24-9-23-13)7-12(10)17(22)21(5-3-2-4-18)16(11)20-19-15/h2,4,6-8H,3,5,9H2,1H3/b4-2+. The SMILES string of the molecule is CSc1cc2c3cc4c(cc3c(=O)n(CC/C=C/Cl)c2nn1)OCO4. The molecule has 6 nitrogen and oxygen atoms in total. The summed E-state index contributed by atoms with van der Waals surface area (Å²) in [5.41, 5.74) is 1.87. The Morgan fingerprint density at radius 2 is 1.96 bits per heavy atom. The third-order valence-electron chi connectivity index (χ3n) is 4.10. The Hall–Kier alpha value is -2.25. The van der Waals surface area contributed by atoms with Crippen LogP contribution in [-0.4, -0.2) is 27.8 Å². The van der Waals surface area contributed by atoms with Gasteiger partial charge in [-0.2, -0.15) is 0 Å². The van der Waals surface area contributed by atoms with Crippen molar-refractivity contribution in [3.63, 3.8) is 0 Å². The summed E-state index contributed by atoms with van der Waals surface area (Å²) in [6.07, 6.45) is 4.36. The Morgan fingerprint density at radius 3 is 2.68 bits per heavy atom. The summed E-state index contributed by atoms with van der Waals surface area (Å²) < 4.78 is 12.5. The van der Waals surface area contributed by atoms with Crippen LogP contribution in [0.25, 0.3) is 21.8 Å². The number of pyridine rings is 1. The monoisotopic (exact) mass is 375 g/mol. The van der Waals surface area contributed by atoms with E-state index in [0.29, 0.717) is 35.5 Å². The molecule has 2 aromatic heterocycles. The Labute approximate surface area is 152 Å². The van der Waals surface area contributed by atoms with Gasteiger partial charge in [-0.05, 0) is 30.9 Å². The zero-order chi connectivity index (χ0) is 17.4. The van der Waals surface area contributed by atoms with Gasteiger partial charge in [0.05, 0.1) is 5.39 Å². The van der Waals surface area contributed by atoms with E-state index in [-0.39, 0.29) is 12.4 Å². The maximum absolute atomic E-state index is 13.0. The number of nitrogens with zero attached hydrogens (tertiary/aromatic N) is 3. The predicted octanol–water partition coefficient (Wildman–Crippen LogP) is 3.54. The largest absolute Gasteiger partial charge is 0.454 e. The third-order valence-corrected chi connectivity index (χ3v) is 4.90. The van der Waals surface area contributed by atoms with Gasteiger partial charge in [0.1, 0.15) is 5.03 Å². The van der Waals surface area contributed by atoms with Crippen molar-refractivity contribution >= 4 is 45.2 Å². The van der Waals surface area contributed by atoms with E-state index in [1.807, 2.05) is 18.4 Å². The summed E-state index contributed by atoms with van der Waals surface area (Å²) in [5.74, 6) is 1.22. The summed E-state index contributed by atoms with van der Waals surface area (Å²) in [6, 6.07) is 5.54. The summed E-state index contributed by atoms with van der Waals surface area (Å²) in [7, 11) is 0. The van der Waals surface area contributed by atoms with Crippen LogP contribution in [0.3, 0.4) is 0 Å². The minimum Gasteiger partial charge on any atom is -0.454 e. The molecule has 0 N–H and O–H groups in total. The highest BCUT2D eigenvalue weighted by Crippen LogP contribution is 2.37. The van der Waals surface area contributed by atoms with Crippen molar-refractivity contribution in [3.8, 4) is 11.5 Å². The van der Waals surface area contributed by atoms with Gasteiger partial charge < -0.3 is 9.47 Å². The lowest BCUT2D eigenvalue weighted by molar-refractivity contribution is 0.174. The zero-order valence-corrected chi connectivity index (χ0v) is 14.9. The molecular weight excluding hydrogens is 362 g/mol. The van der Waals surface area contributed by atoms with Gasteiger partial charge in [0.2, 0.25) is 6.79 Å². The molecule has 3 heterocycles. The molecule has 4 rings (SSSR count). The first-order valence-corrected chi connectivity index (χ1v) is 9.32. The minimum absolute atomic E-state index is 0.130. The summed E-state index contributed by atoms with van der Waals surface area (Å²) >= 11 is 7.10. The van der Waals surface area contributed by atoms with Crippen molar-refractivity contribution < 1.29 is 9.47 Å². The molecule has 0 aliphatic carbocycles. The second-order valence-corrected chi connectivity index (χ2v) is 6.56. The number of aryl methyl sites for hydroxylation is 1. The molecule has 0 saturated heterocycles.